The molecule has 0 saturated carbocycles. The Morgan fingerprint density at radius 1 is 0.539 bits per heavy atom. The first-order chi connectivity index (χ1) is 36.1. The van der Waals surface area contributed by atoms with E-state index in [1.165, 1.54) is 0 Å². The number of carbonyl (C=O) groups is 10. The van der Waals surface area contributed by atoms with Gasteiger partial charge in [-0.1, -0.05) is 25.0 Å². The molecule has 27 nitrogen and oxygen atoms in total. The van der Waals surface area contributed by atoms with Crippen molar-refractivity contribution >= 4 is 82.4 Å². The van der Waals surface area contributed by atoms with Crippen LogP contribution in [0.4, 0.5) is 10.5 Å². The number of thiocarbonyl (C=S) groups is 1. The van der Waals surface area contributed by atoms with E-state index in [-0.39, 0.29) is 56.9 Å². The first-order valence-electron chi connectivity index (χ1n) is 25.6. The van der Waals surface area contributed by atoms with E-state index in [1.54, 1.807) is 0 Å². The van der Waals surface area contributed by atoms with E-state index in [2.05, 4.69) is 31.9 Å². The highest BCUT2D eigenvalue weighted by molar-refractivity contribution is 7.80. The van der Waals surface area contributed by atoms with Crippen LogP contribution in [0, 0.1) is 0 Å². The van der Waals surface area contributed by atoms with Crippen LogP contribution in [0.25, 0.3) is 0 Å². The van der Waals surface area contributed by atoms with Crippen LogP contribution < -0.4 is 54.8 Å². The second kappa shape index (κ2) is 37.1. The third-order valence-corrected chi connectivity index (χ3v) is 12.4. The van der Waals surface area contributed by atoms with Gasteiger partial charge in [-0.25, -0.2) is 14.4 Å². The van der Waals surface area contributed by atoms with Gasteiger partial charge in [0, 0.05) is 96.4 Å². The van der Waals surface area contributed by atoms with Crippen LogP contribution in [0.2, 0.25) is 0 Å². The van der Waals surface area contributed by atoms with Crippen molar-refractivity contribution in [3.05, 3.63) is 29.8 Å². The molecule has 8 amide bonds. The van der Waals surface area contributed by atoms with E-state index in [0.717, 1.165) is 36.9 Å². The monoisotopic (exact) mass is 1090 g/mol. The summed E-state index contributed by atoms with van der Waals surface area (Å²) in [6.07, 6.45) is 5.37. The average molecular weight is 1090 g/mol. The molecule has 28 heteroatoms. The van der Waals surface area contributed by atoms with Gasteiger partial charge in [0.15, 0.2) is 5.11 Å². The minimum absolute atomic E-state index is 0.0145. The van der Waals surface area contributed by atoms with E-state index in [1.807, 2.05) is 43.9 Å². The molecule has 3 atom stereocenters. The molecule has 426 valence electrons. The fourth-order valence-electron chi connectivity index (χ4n) is 8.26. The highest BCUT2D eigenvalue weighted by atomic mass is 32.1. The van der Waals surface area contributed by atoms with Crippen molar-refractivity contribution in [2.75, 3.05) is 96.9 Å². The number of hydrogen-bond donors (Lipinski definition) is 13. The molecule has 17 N–H and O–H groups in total. The molecule has 1 aliphatic heterocycles. The van der Waals surface area contributed by atoms with Crippen LogP contribution in [0.1, 0.15) is 89.0 Å². The van der Waals surface area contributed by atoms with Gasteiger partial charge in [-0.15, -0.1) is 0 Å². The molecule has 0 aromatic heterocycles. The fourth-order valence-corrected chi connectivity index (χ4v) is 8.48. The zero-order chi connectivity index (χ0) is 56.4. The maximum Gasteiger partial charge on any atom is 0.326 e. The number of primary amides is 4. The standard InChI is InChI=1S/C48H80N14O13S/c49-38(63)29-59-21-22-60(30-39(50)64)25-26-62(32-41(52)66)35(28-61(24-23-59)31-40(51)65)27-33-12-14-34(15-13-33)56-48(76)55-20-8-7-19-54-43(68)11-4-2-1-3-10-42(67)53-18-6-5-9-36(45(71)72)57-47(75)58-37(46(73)74)16-17-44(69)70/h12-15,35-37H,1-11,16-32H2,(H2,49,63)(H2,50,64)(H2,51,65)(H2,52,66)(H,53,67)(H,54,68)(H,69,70)(H,71,72)(H,73,74)(H2,55,56,76)(H2,57,58,75)/t35?,36-,37-/m0/s1. The number of rotatable bonds is 35. The van der Waals surface area contributed by atoms with Crippen molar-refractivity contribution in [1.82, 2.24) is 46.2 Å². The highest BCUT2D eigenvalue weighted by Crippen LogP contribution is 2.16. The van der Waals surface area contributed by atoms with Crippen LogP contribution in [-0.4, -0.2) is 209 Å². The minimum Gasteiger partial charge on any atom is -0.481 e. The Balaban J connectivity index is 1.70. The van der Waals surface area contributed by atoms with E-state index in [0.29, 0.717) is 116 Å². The lowest BCUT2D eigenvalue weighted by Gasteiger charge is -2.38. The van der Waals surface area contributed by atoms with Crippen LogP contribution in [-0.2, 0) is 49.6 Å². The van der Waals surface area contributed by atoms with Crippen LogP contribution in [0.15, 0.2) is 24.3 Å². The summed E-state index contributed by atoms with van der Waals surface area (Å²) in [4.78, 5) is 126. The van der Waals surface area contributed by atoms with Gasteiger partial charge in [-0.3, -0.25) is 53.2 Å². The maximum atomic E-state index is 12.4. The molecule has 1 fully saturated rings. The number of nitrogens with zero attached hydrogens (tertiary/aromatic N) is 4. The van der Waals surface area contributed by atoms with Crippen molar-refractivity contribution in [1.29, 1.82) is 0 Å². The molecule has 0 radical (unpaired) electrons. The Hall–Kier alpha value is -6.75. The number of urea groups is 1. The van der Waals surface area contributed by atoms with Crippen LogP contribution in [0.5, 0.6) is 0 Å². The molecule has 1 saturated heterocycles. The van der Waals surface area contributed by atoms with Gasteiger partial charge in [-0.05, 0) is 87.7 Å². The molecule has 0 aliphatic carbocycles. The lowest BCUT2D eigenvalue weighted by Crippen LogP contribution is -2.54. The summed E-state index contributed by atoms with van der Waals surface area (Å²) in [6.45, 7) is 3.84. The Morgan fingerprint density at radius 2 is 0.987 bits per heavy atom. The zero-order valence-corrected chi connectivity index (χ0v) is 44.1. The predicted molar refractivity (Wildman–Crippen MR) is 284 cm³/mol. The van der Waals surface area contributed by atoms with Gasteiger partial charge in [0.2, 0.25) is 35.4 Å². The van der Waals surface area contributed by atoms with Gasteiger partial charge in [0.1, 0.15) is 12.1 Å². The van der Waals surface area contributed by atoms with Gasteiger partial charge in [-0.2, -0.15) is 0 Å². The molecule has 0 bridgehead atoms. The number of anilines is 1. The first kappa shape index (κ1) is 65.4. The van der Waals surface area contributed by atoms with Crippen LogP contribution >= 0.6 is 12.2 Å². The lowest BCUT2D eigenvalue weighted by molar-refractivity contribution is -0.141. The van der Waals surface area contributed by atoms with Crippen molar-refractivity contribution in [2.24, 2.45) is 22.9 Å². The molecule has 1 unspecified atom stereocenters. The van der Waals surface area contributed by atoms with Gasteiger partial charge < -0.3 is 70.2 Å². The number of hydrogen-bond acceptors (Lipinski definition) is 15. The molecule has 1 aromatic carbocycles. The number of nitrogens with one attached hydrogen (secondary N) is 6. The second-order valence-electron chi connectivity index (χ2n) is 18.7. The Kier molecular flexibility index (Phi) is 31.9. The summed E-state index contributed by atoms with van der Waals surface area (Å²) in [5, 5.41) is 44.1. The first-order valence-corrected chi connectivity index (χ1v) is 26.0. The minimum atomic E-state index is -1.50. The van der Waals surface area contributed by atoms with Crippen molar-refractivity contribution in [2.45, 2.75) is 108 Å². The largest absolute Gasteiger partial charge is 0.481 e. The topological polar surface area (TPSA) is 421 Å². The van der Waals surface area contributed by atoms with Gasteiger partial charge in [0.05, 0.1) is 26.2 Å². The number of benzene rings is 1. The summed E-state index contributed by atoms with van der Waals surface area (Å²) in [5.41, 5.74) is 24.1. The highest BCUT2D eigenvalue weighted by Gasteiger charge is 2.28. The molecule has 1 heterocycles. The van der Waals surface area contributed by atoms with Crippen molar-refractivity contribution < 1.29 is 63.3 Å². The second-order valence-corrected chi connectivity index (χ2v) is 19.1. The summed E-state index contributed by atoms with van der Waals surface area (Å²) in [7, 11) is 0. The molecular weight excluding hydrogens is 1010 g/mol. The van der Waals surface area contributed by atoms with E-state index in [4.69, 9.17) is 40.3 Å². The lowest BCUT2D eigenvalue weighted by atomic mass is 10.0. The predicted octanol–water partition coefficient (Wildman–Crippen LogP) is -2.36. The molecule has 0 spiro atoms. The Bertz CT molecular complexity index is 2070. The molecule has 1 aromatic rings. The quantitative estimate of drug-likeness (QED) is 0.0250. The average Bonchev–Trinajstić information content (AvgIpc) is 3.33. The number of carboxylic acids is 3. The third-order valence-electron chi connectivity index (χ3n) is 12.2. The van der Waals surface area contributed by atoms with Crippen molar-refractivity contribution in [3.63, 3.8) is 0 Å². The van der Waals surface area contributed by atoms with E-state index < -0.39 is 66.1 Å². The van der Waals surface area contributed by atoms with Gasteiger partial charge >= 0.3 is 23.9 Å². The van der Waals surface area contributed by atoms with Crippen LogP contribution in [0.3, 0.4) is 0 Å². The number of aliphatic carboxylic acids is 3. The Morgan fingerprint density at radius 3 is 1.47 bits per heavy atom. The normalized spacial score (nSPS) is 15.8. The number of nitrogens with two attached hydrogens (primary N) is 4. The van der Waals surface area contributed by atoms with Gasteiger partial charge in [0.25, 0.3) is 0 Å². The number of unbranched alkanes of at least 4 members (excludes halogenated alkanes) is 5. The molecule has 76 heavy (non-hydrogen) atoms. The SMILES string of the molecule is NC(=O)CN1CCN(CC(N)=O)CCN(CC(N)=O)C(Cc2ccc(NC(=S)NCCCCNC(=O)CCCCCCC(=O)NCCCC[C@H](NC(=O)N[C@@H](CCC(=O)O)C(=O)O)C(=O)O)cc2)CN(CC(N)=O)CC1. The summed E-state index contributed by atoms with van der Waals surface area (Å²) >= 11 is 5.51. The fraction of sp³-hybridized carbons (Fsp3) is 0.646. The van der Waals surface area contributed by atoms with E-state index >= 15 is 0 Å². The number of carboxylic acid groups (broad SMARTS) is 3. The third kappa shape index (κ3) is 31.2. The summed E-state index contributed by atoms with van der Waals surface area (Å²) < 4.78 is 0. The Labute approximate surface area is 448 Å². The molecule has 1 aliphatic rings. The zero-order valence-electron chi connectivity index (χ0n) is 43.3. The molecular formula is C48H80N14O13S. The molecule has 2 rings (SSSR count). The maximum absolute atomic E-state index is 12.4. The number of amides is 8. The van der Waals surface area contributed by atoms with Crippen molar-refractivity contribution in [3.8, 4) is 0 Å². The smallest absolute Gasteiger partial charge is 0.326 e. The number of carbonyl (C=O) groups excluding carboxylic acids is 7. The summed E-state index contributed by atoms with van der Waals surface area (Å²) in [6, 6.07) is 3.44. The summed E-state index contributed by atoms with van der Waals surface area (Å²) in [5.74, 6) is -6.34. The van der Waals surface area contributed by atoms with E-state index in [9.17, 15) is 58.2 Å².